The van der Waals surface area contributed by atoms with Crippen molar-refractivity contribution in [1.82, 2.24) is 10.2 Å². The second-order valence-electron chi connectivity index (χ2n) is 7.05. The van der Waals surface area contributed by atoms with E-state index in [1.54, 1.807) is 29.5 Å². The number of carbonyl (C=O) groups excluding carboxylic acids is 2. The molecule has 148 valence electrons. The first-order chi connectivity index (χ1) is 13.7. The van der Waals surface area contributed by atoms with Crippen LogP contribution < -0.4 is 14.8 Å². The number of nitrogens with one attached hydrogen (secondary N) is 1. The van der Waals surface area contributed by atoms with Gasteiger partial charge in [-0.25, -0.2) is 0 Å². The van der Waals surface area contributed by atoms with E-state index in [4.69, 9.17) is 9.47 Å². The molecule has 0 saturated carbocycles. The number of nitrogens with zero attached hydrogens (tertiary/aromatic N) is 1. The summed E-state index contributed by atoms with van der Waals surface area (Å²) in [6.45, 7) is 4.32. The molecule has 1 aromatic carbocycles. The Labute approximate surface area is 168 Å². The van der Waals surface area contributed by atoms with Gasteiger partial charge < -0.3 is 19.7 Å². The van der Waals surface area contributed by atoms with Crippen LogP contribution in [0.4, 0.5) is 0 Å². The molecule has 0 bridgehead atoms. The summed E-state index contributed by atoms with van der Waals surface area (Å²) >= 11 is 1.75. The first-order valence-corrected chi connectivity index (χ1v) is 10.6. The fraction of sp³-hybridized carbons (Fsp3) is 0.429. The van der Waals surface area contributed by atoms with Crippen LogP contribution in [-0.4, -0.2) is 42.5 Å². The van der Waals surface area contributed by atoms with Crippen LogP contribution in [0.5, 0.6) is 11.5 Å². The largest absolute Gasteiger partial charge is 0.486 e. The maximum Gasteiger partial charge on any atom is 0.252 e. The Bertz CT molecular complexity index is 879. The van der Waals surface area contributed by atoms with E-state index in [-0.39, 0.29) is 11.8 Å². The molecule has 0 spiro atoms. The predicted octanol–water partition coefficient (Wildman–Crippen LogP) is 3.00. The molecular weight excluding hydrogens is 376 g/mol. The van der Waals surface area contributed by atoms with Crippen LogP contribution in [0.2, 0.25) is 0 Å². The molecule has 3 heterocycles. The minimum absolute atomic E-state index is 0.00964. The third-order valence-corrected chi connectivity index (χ3v) is 6.13. The summed E-state index contributed by atoms with van der Waals surface area (Å²) in [6.07, 6.45) is 2.31. The molecule has 6 nitrogen and oxygen atoms in total. The number of carbonyl (C=O) groups is 2. The molecular formula is C21H24N2O4S. The molecule has 0 saturated heterocycles. The number of rotatable bonds is 5. The van der Waals surface area contributed by atoms with Gasteiger partial charge in [-0.15, -0.1) is 11.3 Å². The predicted molar refractivity (Wildman–Crippen MR) is 107 cm³/mol. The van der Waals surface area contributed by atoms with Crippen LogP contribution >= 0.6 is 11.3 Å². The molecule has 0 radical (unpaired) electrons. The summed E-state index contributed by atoms with van der Waals surface area (Å²) in [4.78, 5) is 29.1. The van der Waals surface area contributed by atoms with Crippen LogP contribution in [0.25, 0.3) is 0 Å². The number of hydrogen-bond donors (Lipinski definition) is 1. The first-order valence-electron chi connectivity index (χ1n) is 9.70. The zero-order chi connectivity index (χ0) is 19.5. The fourth-order valence-electron chi connectivity index (χ4n) is 3.63. The van der Waals surface area contributed by atoms with Crippen molar-refractivity contribution in [2.24, 2.45) is 0 Å². The van der Waals surface area contributed by atoms with E-state index in [2.05, 4.69) is 16.8 Å². The monoisotopic (exact) mass is 400 g/mol. The Morgan fingerprint density at radius 3 is 2.86 bits per heavy atom. The summed E-state index contributed by atoms with van der Waals surface area (Å²) in [5.41, 5.74) is 1.69. The molecule has 1 N–H and O–H groups in total. The van der Waals surface area contributed by atoms with Gasteiger partial charge in [0.15, 0.2) is 11.5 Å². The second kappa shape index (κ2) is 8.22. The van der Waals surface area contributed by atoms with Gasteiger partial charge in [-0.2, -0.15) is 0 Å². The van der Waals surface area contributed by atoms with Crippen LogP contribution in [-0.2, 0) is 17.8 Å². The number of fused-ring (bicyclic) bond motifs is 2. The van der Waals surface area contributed by atoms with Gasteiger partial charge in [-0.1, -0.05) is 13.3 Å². The first kappa shape index (κ1) is 18.8. The number of ether oxygens (including phenoxy) is 2. The molecule has 2 amide bonds. The zero-order valence-electron chi connectivity index (χ0n) is 15.9. The lowest BCUT2D eigenvalue weighted by molar-refractivity contribution is -0.134. The quantitative estimate of drug-likeness (QED) is 0.838. The van der Waals surface area contributed by atoms with Crippen molar-refractivity contribution in [3.8, 4) is 11.5 Å². The van der Waals surface area contributed by atoms with Crippen molar-refractivity contribution in [2.45, 2.75) is 38.8 Å². The van der Waals surface area contributed by atoms with E-state index in [1.165, 1.54) is 10.4 Å². The number of thiophene rings is 1. The topological polar surface area (TPSA) is 67.9 Å². The molecule has 1 unspecified atom stereocenters. The molecule has 2 aromatic rings. The average molecular weight is 401 g/mol. The van der Waals surface area contributed by atoms with Crippen molar-refractivity contribution in [1.29, 1.82) is 0 Å². The van der Waals surface area contributed by atoms with E-state index in [1.807, 2.05) is 11.8 Å². The highest BCUT2D eigenvalue weighted by Gasteiger charge is 2.29. The third kappa shape index (κ3) is 3.85. The lowest BCUT2D eigenvalue weighted by Crippen LogP contribution is -2.49. The van der Waals surface area contributed by atoms with Gasteiger partial charge in [0.1, 0.15) is 19.3 Å². The maximum absolute atomic E-state index is 13.1. The molecule has 1 atom stereocenters. The van der Waals surface area contributed by atoms with Gasteiger partial charge in [0.2, 0.25) is 5.91 Å². The molecule has 0 fully saturated rings. The Balaban J connectivity index is 1.46. The molecule has 2 aliphatic heterocycles. The van der Waals surface area contributed by atoms with E-state index >= 15 is 0 Å². The third-order valence-electron chi connectivity index (χ3n) is 5.10. The highest BCUT2D eigenvalue weighted by atomic mass is 32.1. The highest BCUT2D eigenvalue weighted by Crippen LogP contribution is 2.31. The lowest BCUT2D eigenvalue weighted by Gasteiger charge is -2.31. The van der Waals surface area contributed by atoms with Crippen LogP contribution in [0.15, 0.2) is 29.6 Å². The Morgan fingerprint density at radius 1 is 1.21 bits per heavy atom. The van der Waals surface area contributed by atoms with E-state index in [9.17, 15) is 9.59 Å². The summed E-state index contributed by atoms with van der Waals surface area (Å²) < 4.78 is 11.1. The van der Waals surface area contributed by atoms with Crippen LogP contribution in [0, 0.1) is 0 Å². The number of benzene rings is 1. The number of hydrogen-bond acceptors (Lipinski definition) is 5. The molecule has 1 aromatic heterocycles. The molecule has 0 aliphatic carbocycles. The van der Waals surface area contributed by atoms with Crippen LogP contribution in [0.3, 0.4) is 0 Å². The van der Waals surface area contributed by atoms with E-state index < -0.39 is 6.04 Å². The molecule has 4 rings (SSSR count). The Hall–Kier alpha value is -2.54. The van der Waals surface area contributed by atoms with Crippen molar-refractivity contribution in [3.05, 3.63) is 45.6 Å². The lowest BCUT2D eigenvalue weighted by atomic mass is 10.1. The van der Waals surface area contributed by atoms with Crippen molar-refractivity contribution in [2.75, 3.05) is 19.8 Å². The minimum atomic E-state index is -0.522. The normalized spacial score (nSPS) is 16.2. The van der Waals surface area contributed by atoms with Crippen molar-refractivity contribution >= 4 is 23.2 Å². The fourth-order valence-corrected chi connectivity index (χ4v) is 4.52. The minimum Gasteiger partial charge on any atom is -0.486 e. The van der Waals surface area contributed by atoms with Gasteiger partial charge in [0.05, 0.1) is 0 Å². The maximum atomic E-state index is 13.1. The average Bonchev–Trinajstić information content (AvgIpc) is 3.20. The molecule has 7 heteroatoms. The molecule has 2 aliphatic rings. The van der Waals surface area contributed by atoms with Crippen LogP contribution in [0.1, 0.15) is 40.6 Å². The second-order valence-corrected chi connectivity index (χ2v) is 8.05. The van der Waals surface area contributed by atoms with E-state index in [0.717, 1.165) is 12.8 Å². The van der Waals surface area contributed by atoms with Gasteiger partial charge in [-0.05, 0) is 48.1 Å². The molecule has 28 heavy (non-hydrogen) atoms. The smallest absolute Gasteiger partial charge is 0.252 e. The summed E-state index contributed by atoms with van der Waals surface area (Å²) in [6, 6.07) is 6.68. The summed E-state index contributed by atoms with van der Waals surface area (Å²) in [5, 5.41) is 5.01. The van der Waals surface area contributed by atoms with E-state index in [0.29, 0.717) is 49.8 Å². The summed E-state index contributed by atoms with van der Waals surface area (Å²) in [5.74, 6) is 0.934. The van der Waals surface area contributed by atoms with Crippen molar-refractivity contribution in [3.63, 3.8) is 0 Å². The standard InChI is InChI=1S/C21H24N2O4S/c1-2-3-16(21(25)23-8-6-19-15(13-23)7-11-28-19)22-20(24)14-4-5-17-18(12-14)27-10-9-26-17/h4-5,7,11-12,16H,2-3,6,8-10,13H2,1H3,(H,22,24). The zero-order valence-corrected chi connectivity index (χ0v) is 16.7. The Kier molecular flexibility index (Phi) is 5.52. The van der Waals surface area contributed by atoms with Gasteiger partial charge in [0, 0.05) is 23.5 Å². The van der Waals surface area contributed by atoms with Gasteiger partial charge in [-0.3, -0.25) is 9.59 Å². The SMILES string of the molecule is CCCC(NC(=O)c1ccc2c(c1)OCCO2)C(=O)N1CCc2sccc2C1. The highest BCUT2D eigenvalue weighted by molar-refractivity contribution is 7.10. The number of amides is 2. The van der Waals surface area contributed by atoms with Gasteiger partial charge >= 0.3 is 0 Å². The Morgan fingerprint density at radius 2 is 2.04 bits per heavy atom. The summed E-state index contributed by atoms with van der Waals surface area (Å²) in [7, 11) is 0. The van der Waals surface area contributed by atoms with Crippen molar-refractivity contribution < 1.29 is 19.1 Å². The van der Waals surface area contributed by atoms with Gasteiger partial charge in [0.25, 0.3) is 5.91 Å².